The SMILES string of the molecule is COCCOc1ccc(NC(C)C(C)(C)O)cc1. The predicted octanol–water partition coefficient (Wildman–Crippen LogP) is 2.28. The van der Waals surface area contributed by atoms with Gasteiger partial charge >= 0.3 is 0 Å². The third-order valence-electron chi connectivity index (χ3n) is 2.85. The first kappa shape index (κ1) is 14.8. The molecule has 0 spiro atoms. The molecule has 1 rings (SSSR count). The van der Waals surface area contributed by atoms with Gasteiger partial charge in [0.25, 0.3) is 0 Å². The monoisotopic (exact) mass is 253 g/mol. The number of hydrogen-bond acceptors (Lipinski definition) is 4. The van der Waals surface area contributed by atoms with Gasteiger partial charge in [0.05, 0.1) is 18.2 Å². The van der Waals surface area contributed by atoms with Gasteiger partial charge in [-0.3, -0.25) is 0 Å². The Bertz CT molecular complexity index is 343. The van der Waals surface area contributed by atoms with Crippen molar-refractivity contribution in [2.24, 2.45) is 0 Å². The molecule has 0 saturated heterocycles. The van der Waals surface area contributed by atoms with Gasteiger partial charge in [-0.2, -0.15) is 0 Å². The Morgan fingerprint density at radius 1 is 1.22 bits per heavy atom. The number of hydrogen-bond donors (Lipinski definition) is 2. The number of benzene rings is 1. The van der Waals surface area contributed by atoms with Crippen LogP contribution in [0.3, 0.4) is 0 Å². The lowest BCUT2D eigenvalue weighted by molar-refractivity contribution is 0.0649. The Labute approximate surface area is 109 Å². The van der Waals surface area contributed by atoms with Gasteiger partial charge in [-0.05, 0) is 45.0 Å². The fourth-order valence-electron chi connectivity index (χ4n) is 1.32. The Morgan fingerprint density at radius 2 is 1.83 bits per heavy atom. The number of ether oxygens (including phenoxy) is 2. The second-order valence-electron chi connectivity index (χ2n) is 4.89. The summed E-state index contributed by atoms with van der Waals surface area (Å²) in [6.45, 7) is 6.64. The third-order valence-corrected chi connectivity index (χ3v) is 2.85. The Morgan fingerprint density at radius 3 is 2.33 bits per heavy atom. The van der Waals surface area contributed by atoms with Gasteiger partial charge in [0.1, 0.15) is 12.4 Å². The van der Waals surface area contributed by atoms with E-state index in [4.69, 9.17) is 9.47 Å². The molecule has 0 bridgehead atoms. The molecule has 102 valence electrons. The molecule has 0 radical (unpaired) electrons. The molecule has 0 aromatic heterocycles. The van der Waals surface area contributed by atoms with Crippen molar-refractivity contribution in [1.82, 2.24) is 0 Å². The van der Waals surface area contributed by atoms with E-state index in [0.717, 1.165) is 11.4 Å². The fourth-order valence-corrected chi connectivity index (χ4v) is 1.32. The molecular formula is C14H23NO3. The Hall–Kier alpha value is -1.26. The minimum atomic E-state index is -0.756. The van der Waals surface area contributed by atoms with Gasteiger partial charge in [0.15, 0.2) is 0 Å². The minimum Gasteiger partial charge on any atom is -0.491 e. The molecule has 18 heavy (non-hydrogen) atoms. The molecule has 4 heteroatoms. The van der Waals surface area contributed by atoms with Gasteiger partial charge in [0.2, 0.25) is 0 Å². The van der Waals surface area contributed by atoms with E-state index in [2.05, 4.69) is 5.32 Å². The summed E-state index contributed by atoms with van der Waals surface area (Å²) in [5.41, 5.74) is 0.205. The van der Waals surface area contributed by atoms with E-state index in [1.54, 1.807) is 21.0 Å². The number of methoxy groups -OCH3 is 1. The topological polar surface area (TPSA) is 50.7 Å². The predicted molar refractivity (Wildman–Crippen MR) is 73.2 cm³/mol. The highest BCUT2D eigenvalue weighted by Crippen LogP contribution is 2.19. The average molecular weight is 253 g/mol. The third kappa shape index (κ3) is 4.94. The van der Waals surface area contributed by atoms with E-state index in [9.17, 15) is 5.11 Å². The first-order valence-corrected chi connectivity index (χ1v) is 6.14. The normalized spacial score (nSPS) is 13.2. The molecule has 1 aromatic carbocycles. The quantitative estimate of drug-likeness (QED) is 0.732. The van der Waals surface area contributed by atoms with Crippen molar-refractivity contribution >= 4 is 5.69 Å². The van der Waals surface area contributed by atoms with Gasteiger partial charge in [-0.25, -0.2) is 0 Å². The van der Waals surface area contributed by atoms with E-state index < -0.39 is 5.60 Å². The molecule has 0 aliphatic heterocycles. The van der Waals surface area contributed by atoms with Crippen LogP contribution in [0.1, 0.15) is 20.8 Å². The molecule has 2 N–H and O–H groups in total. The minimum absolute atomic E-state index is 0.0299. The first-order valence-electron chi connectivity index (χ1n) is 6.14. The Balaban J connectivity index is 2.50. The van der Waals surface area contributed by atoms with E-state index in [1.165, 1.54) is 0 Å². The number of rotatable bonds is 7. The lowest BCUT2D eigenvalue weighted by Gasteiger charge is -2.27. The fraction of sp³-hybridized carbons (Fsp3) is 0.571. The summed E-state index contributed by atoms with van der Waals surface area (Å²) in [4.78, 5) is 0. The van der Waals surface area contributed by atoms with Crippen molar-refractivity contribution in [1.29, 1.82) is 0 Å². The molecule has 4 nitrogen and oxygen atoms in total. The summed E-state index contributed by atoms with van der Waals surface area (Å²) in [5, 5.41) is 13.1. The molecule has 0 heterocycles. The molecule has 1 unspecified atom stereocenters. The van der Waals surface area contributed by atoms with E-state index in [-0.39, 0.29) is 6.04 Å². The molecule has 0 saturated carbocycles. The zero-order valence-electron chi connectivity index (χ0n) is 11.6. The van der Waals surface area contributed by atoms with Crippen LogP contribution >= 0.6 is 0 Å². The number of anilines is 1. The van der Waals surface area contributed by atoms with Crippen molar-refractivity contribution in [3.8, 4) is 5.75 Å². The summed E-state index contributed by atoms with van der Waals surface area (Å²) < 4.78 is 10.4. The second-order valence-corrected chi connectivity index (χ2v) is 4.89. The van der Waals surface area contributed by atoms with Crippen LogP contribution in [0, 0.1) is 0 Å². The van der Waals surface area contributed by atoms with Crippen LogP contribution in [-0.4, -0.2) is 37.1 Å². The van der Waals surface area contributed by atoms with Crippen LogP contribution in [0.15, 0.2) is 24.3 Å². The lowest BCUT2D eigenvalue weighted by atomic mass is 10.0. The number of aliphatic hydroxyl groups is 1. The molecular weight excluding hydrogens is 230 g/mol. The van der Waals surface area contributed by atoms with Crippen LogP contribution in [0.25, 0.3) is 0 Å². The average Bonchev–Trinajstić information content (AvgIpc) is 2.30. The molecule has 0 aliphatic carbocycles. The maximum absolute atomic E-state index is 9.84. The summed E-state index contributed by atoms with van der Waals surface area (Å²) in [6, 6.07) is 7.64. The van der Waals surface area contributed by atoms with Crippen molar-refractivity contribution in [3.63, 3.8) is 0 Å². The van der Waals surface area contributed by atoms with Crippen molar-refractivity contribution in [3.05, 3.63) is 24.3 Å². The van der Waals surface area contributed by atoms with Crippen molar-refractivity contribution < 1.29 is 14.6 Å². The van der Waals surface area contributed by atoms with Crippen molar-refractivity contribution in [2.75, 3.05) is 25.6 Å². The standard InChI is InChI=1S/C14H23NO3/c1-11(14(2,3)16)15-12-5-7-13(8-6-12)18-10-9-17-4/h5-8,11,15-16H,9-10H2,1-4H3. The maximum Gasteiger partial charge on any atom is 0.119 e. The Kier molecular flexibility index (Phi) is 5.44. The molecule has 1 atom stereocenters. The highest BCUT2D eigenvalue weighted by atomic mass is 16.5. The van der Waals surface area contributed by atoms with Crippen LogP contribution in [0.2, 0.25) is 0 Å². The van der Waals surface area contributed by atoms with E-state index in [0.29, 0.717) is 13.2 Å². The van der Waals surface area contributed by atoms with Crippen LogP contribution in [-0.2, 0) is 4.74 Å². The molecule has 1 aromatic rings. The van der Waals surface area contributed by atoms with Gasteiger partial charge in [-0.1, -0.05) is 0 Å². The highest BCUT2D eigenvalue weighted by molar-refractivity contribution is 5.47. The van der Waals surface area contributed by atoms with Crippen LogP contribution in [0.5, 0.6) is 5.75 Å². The maximum atomic E-state index is 9.84. The second kappa shape index (κ2) is 6.61. The van der Waals surface area contributed by atoms with E-state index in [1.807, 2.05) is 31.2 Å². The summed E-state index contributed by atoms with van der Waals surface area (Å²) >= 11 is 0. The van der Waals surface area contributed by atoms with Crippen LogP contribution in [0.4, 0.5) is 5.69 Å². The van der Waals surface area contributed by atoms with Gasteiger partial charge in [0, 0.05) is 12.8 Å². The summed E-state index contributed by atoms with van der Waals surface area (Å²) in [7, 11) is 1.65. The number of nitrogens with one attached hydrogen (secondary N) is 1. The molecule has 0 aliphatic rings. The zero-order chi connectivity index (χ0) is 13.6. The summed E-state index contributed by atoms with van der Waals surface area (Å²) in [6.07, 6.45) is 0. The lowest BCUT2D eigenvalue weighted by Crippen LogP contribution is -2.39. The molecule has 0 amide bonds. The van der Waals surface area contributed by atoms with Crippen molar-refractivity contribution in [2.45, 2.75) is 32.4 Å². The highest BCUT2D eigenvalue weighted by Gasteiger charge is 2.21. The van der Waals surface area contributed by atoms with Gasteiger partial charge < -0.3 is 19.9 Å². The van der Waals surface area contributed by atoms with E-state index >= 15 is 0 Å². The molecule has 0 fully saturated rings. The van der Waals surface area contributed by atoms with Crippen LogP contribution < -0.4 is 10.1 Å². The summed E-state index contributed by atoms with van der Waals surface area (Å²) in [5.74, 6) is 0.813. The smallest absolute Gasteiger partial charge is 0.119 e. The van der Waals surface area contributed by atoms with Gasteiger partial charge in [-0.15, -0.1) is 0 Å². The first-order chi connectivity index (χ1) is 8.43. The zero-order valence-corrected chi connectivity index (χ0v) is 11.6. The largest absolute Gasteiger partial charge is 0.491 e.